The van der Waals surface area contributed by atoms with E-state index in [9.17, 15) is 9.59 Å². The lowest BCUT2D eigenvalue weighted by atomic mass is 9.96. The van der Waals surface area contributed by atoms with Gasteiger partial charge in [-0.05, 0) is 45.2 Å². The van der Waals surface area contributed by atoms with Crippen molar-refractivity contribution in [3.05, 3.63) is 0 Å². The van der Waals surface area contributed by atoms with Crippen LogP contribution in [0.1, 0.15) is 53.4 Å². The number of rotatable bonds is 8. The molecule has 0 aromatic rings. The molecule has 0 bridgehead atoms. The summed E-state index contributed by atoms with van der Waals surface area (Å²) in [6.45, 7) is 11.3. The molecule has 5 heteroatoms. The monoisotopic (exact) mass is 311 g/mol. The Labute approximate surface area is 135 Å². The van der Waals surface area contributed by atoms with E-state index in [4.69, 9.17) is 0 Å². The number of piperidine rings is 1. The maximum atomic E-state index is 12.0. The molecule has 5 nitrogen and oxygen atoms in total. The first-order chi connectivity index (χ1) is 10.4. The number of nitrogens with one attached hydrogen (secondary N) is 2. The highest BCUT2D eigenvalue weighted by molar-refractivity contribution is 5.79. The normalized spacial score (nSPS) is 18.2. The lowest BCUT2D eigenvalue weighted by molar-refractivity contribution is -0.127. The van der Waals surface area contributed by atoms with E-state index >= 15 is 0 Å². The molecule has 1 atom stereocenters. The highest BCUT2D eigenvalue weighted by Crippen LogP contribution is 2.17. The van der Waals surface area contributed by atoms with Gasteiger partial charge in [0.25, 0.3) is 0 Å². The van der Waals surface area contributed by atoms with E-state index in [1.807, 2.05) is 6.92 Å². The summed E-state index contributed by atoms with van der Waals surface area (Å²) in [5.74, 6) is 0.838. The van der Waals surface area contributed by atoms with Crippen LogP contribution in [0.3, 0.4) is 0 Å². The second-order valence-electron chi connectivity index (χ2n) is 6.80. The van der Waals surface area contributed by atoms with Gasteiger partial charge in [0.1, 0.15) is 0 Å². The Morgan fingerprint density at radius 1 is 1.18 bits per heavy atom. The van der Waals surface area contributed by atoms with Crippen molar-refractivity contribution in [3.8, 4) is 0 Å². The van der Waals surface area contributed by atoms with Crippen LogP contribution in [0.2, 0.25) is 0 Å². The molecule has 0 aliphatic carbocycles. The van der Waals surface area contributed by atoms with Crippen molar-refractivity contribution in [2.75, 3.05) is 26.2 Å². The zero-order valence-corrected chi connectivity index (χ0v) is 14.7. The van der Waals surface area contributed by atoms with E-state index in [0.29, 0.717) is 12.5 Å². The van der Waals surface area contributed by atoms with Gasteiger partial charge in [-0.15, -0.1) is 0 Å². The second-order valence-corrected chi connectivity index (χ2v) is 6.80. The van der Waals surface area contributed by atoms with Gasteiger partial charge in [-0.3, -0.25) is 14.5 Å². The fraction of sp³-hybridized carbons (Fsp3) is 0.882. The molecule has 1 aliphatic heterocycles. The van der Waals surface area contributed by atoms with Gasteiger partial charge in [0, 0.05) is 18.5 Å². The molecular weight excluding hydrogens is 278 g/mol. The van der Waals surface area contributed by atoms with Gasteiger partial charge >= 0.3 is 0 Å². The Balaban J connectivity index is 2.24. The standard InChI is InChI=1S/C17H33N3O2/c1-5-6-9-18-17(22)15-7-10-20(11-8-15)12-16(21)19-14(4)13(2)3/h13-15H,5-12H2,1-4H3,(H,18,22)(H,19,21). The average molecular weight is 311 g/mol. The quantitative estimate of drug-likeness (QED) is 0.672. The summed E-state index contributed by atoms with van der Waals surface area (Å²) in [5.41, 5.74) is 0. The van der Waals surface area contributed by atoms with Gasteiger partial charge in [0.15, 0.2) is 0 Å². The molecule has 0 spiro atoms. The van der Waals surface area contributed by atoms with Crippen molar-refractivity contribution in [2.45, 2.75) is 59.4 Å². The Hall–Kier alpha value is -1.10. The molecule has 1 heterocycles. The van der Waals surface area contributed by atoms with Gasteiger partial charge in [-0.2, -0.15) is 0 Å². The molecule has 1 saturated heterocycles. The number of carbonyl (C=O) groups is 2. The van der Waals surface area contributed by atoms with Crippen LogP contribution in [0, 0.1) is 11.8 Å². The van der Waals surface area contributed by atoms with Crippen LogP contribution in [0.4, 0.5) is 0 Å². The molecule has 0 aromatic heterocycles. The number of nitrogens with zero attached hydrogens (tertiary/aromatic N) is 1. The molecule has 1 fully saturated rings. The Kier molecular flexibility index (Phi) is 8.46. The molecule has 0 radical (unpaired) electrons. The molecule has 128 valence electrons. The second kappa shape index (κ2) is 9.82. The number of unbranched alkanes of at least 4 members (excludes halogenated alkanes) is 1. The summed E-state index contributed by atoms with van der Waals surface area (Å²) in [5, 5.41) is 6.05. The predicted octanol–water partition coefficient (Wildman–Crippen LogP) is 1.78. The molecule has 0 aromatic carbocycles. The van der Waals surface area contributed by atoms with Crippen molar-refractivity contribution in [3.63, 3.8) is 0 Å². The van der Waals surface area contributed by atoms with Crippen LogP contribution >= 0.6 is 0 Å². The molecule has 2 N–H and O–H groups in total. The molecule has 1 unspecified atom stereocenters. The molecule has 1 rings (SSSR count). The predicted molar refractivity (Wildman–Crippen MR) is 89.5 cm³/mol. The minimum Gasteiger partial charge on any atom is -0.356 e. The van der Waals surface area contributed by atoms with Gasteiger partial charge in [-0.1, -0.05) is 27.2 Å². The van der Waals surface area contributed by atoms with Crippen LogP contribution in [0.15, 0.2) is 0 Å². The van der Waals surface area contributed by atoms with E-state index in [-0.39, 0.29) is 23.8 Å². The number of carbonyl (C=O) groups excluding carboxylic acids is 2. The largest absolute Gasteiger partial charge is 0.356 e. The fourth-order valence-corrected chi connectivity index (χ4v) is 2.56. The average Bonchev–Trinajstić information content (AvgIpc) is 2.47. The summed E-state index contributed by atoms with van der Waals surface area (Å²) in [7, 11) is 0. The first-order valence-corrected chi connectivity index (χ1v) is 8.73. The highest BCUT2D eigenvalue weighted by atomic mass is 16.2. The van der Waals surface area contributed by atoms with Crippen molar-refractivity contribution < 1.29 is 9.59 Å². The van der Waals surface area contributed by atoms with Gasteiger partial charge in [0.05, 0.1) is 6.54 Å². The van der Waals surface area contributed by atoms with Crippen molar-refractivity contribution in [2.24, 2.45) is 11.8 Å². The summed E-state index contributed by atoms with van der Waals surface area (Å²) in [6, 6.07) is 0.203. The first kappa shape index (κ1) is 18.9. The smallest absolute Gasteiger partial charge is 0.234 e. The summed E-state index contributed by atoms with van der Waals surface area (Å²) >= 11 is 0. The van der Waals surface area contributed by atoms with Crippen LogP contribution in [-0.2, 0) is 9.59 Å². The molecular formula is C17H33N3O2. The lowest BCUT2D eigenvalue weighted by Gasteiger charge is -2.31. The Morgan fingerprint density at radius 2 is 1.82 bits per heavy atom. The Morgan fingerprint density at radius 3 is 2.36 bits per heavy atom. The number of likely N-dealkylation sites (tertiary alicyclic amines) is 1. The van der Waals surface area contributed by atoms with E-state index in [2.05, 4.69) is 36.3 Å². The molecule has 0 saturated carbocycles. The van der Waals surface area contributed by atoms with Gasteiger partial charge < -0.3 is 10.6 Å². The fourth-order valence-electron chi connectivity index (χ4n) is 2.56. The van der Waals surface area contributed by atoms with E-state index in [0.717, 1.165) is 45.3 Å². The third kappa shape index (κ3) is 6.77. The highest BCUT2D eigenvalue weighted by Gasteiger charge is 2.25. The van der Waals surface area contributed by atoms with Crippen LogP contribution in [0.5, 0.6) is 0 Å². The van der Waals surface area contributed by atoms with Crippen molar-refractivity contribution >= 4 is 11.8 Å². The van der Waals surface area contributed by atoms with Crippen LogP contribution < -0.4 is 10.6 Å². The van der Waals surface area contributed by atoms with Crippen LogP contribution in [0.25, 0.3) is 0 Å². The zero-order chi connectivity index (χ0) is 16.5. The minimum absolute atomic E-state index is 0.0899. The summed E-state index contributed by atoms with van der Waals surface area (Å²) < 4.78 is 0. The van der Waals surface area contributed by atoms with Crippen molar-refractivity contribution in [1.29, 1.82) is 0 Å². The van der Waals surface area contributed by atoms with Crippen LogP contribution in [-0.4, -0.2) is 48.9 Å². The van der Waals surface area contributed by atoms with E-state index in [1.165, 1.54) is 0 Å². The summed E-state index contributed by atoms with van der Waals surface area (Å²) in [4.78, 5) is 26.1. The molecule has 2 amide bonds. The lowest BCUT2D eigenvalue weighted by Crippen LogP contribution is -2.46. The van der Waals surface area contributed by atoms with Gasteiger partial charge in [0.2, 0.25) is 11.8 Å². The first-order valence-electron chi connectivity index (χ1n) is 8.73. The molecule has 1 aliphatic rings. The maximum Gasteiger partial charge on any atom is 0.234 e. The zero-order valence-electron chi connectivity index (χ0n) is 14.7. The van der Waals surface area contributed by atoms with E-state index in [1.54, 1.807) is 0 Å². The Bertz CT molecular complexity index is 350. The third-order valence-corrected chi connectivity index (χ3v) is 4.54. The topological polar surface area (TPSA) is 61.4 Å². The van der Waals surface area contributed by atoms with Crippen molar-refractivity contribution in [1.82, 2.24) is 15.5 Å². The number of amides is 2. The van der Waals surface area contributed by atoms with Gasteiger partial charge in [-0.25, -0.2) is 0 Å². The number of hydrogen-bond donors (Lipinski definition) is 2. The SMILES string of the molecule is CCCCNC(=O)C1CCN(CC(=O)NC(C)C(C)C)CC1. The maximum absolute atomic E-state index is 12.0. The summed E-state index contributed by atoms with van der Waals surface area (Å²) in [6.07, 6.45) is 3.84. The minimum atomic E-state index is 0.0899. The molecule has 22 heavy (non-hydrogen) atoms. The van der Waals surface area contributed by atoms with E-state index < -0.39 is 0 Å². The third-order valence-electron chi connectivity index (χ3n) is 4.54. The number of hydrogen-bond acceptors (Lipinski definition) is 3.